The van der Waals surface area contributed by atoms with Crippen LogP contribution in [0.4, 0.5) is 0 Å². The summed E-state index contributed by atoms with van der Waals surface area (Å²) in [6.45, 7) is 4.17. The summed E-state index contributed by atoms with van der Waals surface area (Å²) < 4.78 is 12.8. The molecule has 0 fully saturated rings. The summed E-state index contributed by atoms with van der Waals surface area (Å²) in [6, 6.07) is 5.62. The number of hydrogen-bond donors (Lipinski definition) is 1. The van der Waals surface area contributed by atoms with Gasteiger partial charge in [0.05, 0.1) is 12.8 Å². The van der Waals surface area contributed by atoms with E-state index >= 15 is 0 Å². The Kier molecular flexibility index (Phi) is 4.75. The molecule has 1 aromatic carbocycles. The van der Waals surface area contributed by atoms with Crippen LogP contribution in [0.1, 0.15) is 29.8 Å². The molecule has 2 aromatic rings. The van der Waals surface area contributed by atoms with Gasteiger partial charge in [0, 0.05) is 18.7 Å². The van der Waals surface area contributed by atoms with Crippen molar-refractivity contribution in [2.45, 2.75) is 26.5 Å². The molecule has 0 bridgehead atoms. The Hall–Kier alpha value is -1.72. The lowest BCUT2D eigenvalue weighted by atomic mass is 10.1. The van der Waals surface area contributed by atoms with Crippen molar-refractivity contribution < 1.29 is 9.47 Å². The molecule has 21 heavy (non-hydrogen) atoms. The number of aryl methyl sites for hydroxylation is 2. The van der Waals surface area contributed by atoms with Crippen LogP contribution in [0.3, 0.4) is 0 Å². The molecule has 2 rings (SSSR count). The zero-order valence-electron chi connectivity index (χ0n) is 12.7. The van der Waals surface area contributed by atoms with Crippen molar-refractivity contribution in [3.8, 4) is 11.5 Å². The van der Waals surface area contributed by atoms with Crippen LogP contribution in [-0.2, 0) is 13.7 Å². The van der Waals surface area contributed by atoms with E-state index in [1.165, 1.54) is 0 Å². The van der Waals surface area contributed by atoms with Crippen molar-refractivity contribution in [1.82, 2.24) is 9.78 Å². The van der Waals surface area contributed by atoms with Gasteiger partial charge in [0.25, 0.3) is 0 Å². The molecule has 0 unspecified atom stereocenters. The highest BCUT2D eigenvalue weighted by atomic mass is 35.5. The Balaban J connectivity index is 2.20. The first kappa shape index (κ1) is 15.7. The smallest absolute Gasteiger partial charge is 0.161 e. The van der Waals surface area contributed by atoms with Gasteiger partial charge in [-0.3, -0.25) is 4.68 Å². The summed E-state index contributed by atoms with van der Waals surface area (Å²) in [4.78, 5) is 0. The third-order valence-corrected chi connectivity index (χ3v) is 3.83. The molecule has 1 atom stereocenters. The molecule has 6 heteroatoms. The lowest BCUT2D eigenvalue weighted by Crippen LogP contribution is -2.06. The highest BCUT2D eigenvalue weighted by molar-refractivity contribution is 6.30. The quantitative estimate of drug-likeness (QED) is 0.922. The average Bonchev–Trinajstić information content (AvgIpc) is 2.70. The van der Waals surface area contributed by atoms with Crippen LogP contribution in [0.5, 0.6) is 11.5 Å². The van der Waals surface area contributed by atoms with Crippen molar-refractivity contribution in [1.29, 1.82) is 0 Å². The van der Waals surface area contributed by atoms with Crippen molar-refractivity contribution in [3.05, 3.63) is 40.2 Å². The normalized spacial score (nSPS) is 12.3. The van der Waals surface area contributed by atoms with E-state index in [0.29, 0.717) is 23.3 Å². The zero-order valence-corrected chi connectivity index (χ0v) is 13.4. The van der Waals surface area contributed by atoms with Gasteiger partial charge in [-0.15, -0.1) is 0 Å². The third-order valence-electron chi connectivity index (χ3n) is 3.36. The van der Waals surface area contributed by atoms with Crippen LogP contribution >= 0.6 is 11.6 Å². The van der Waals surface area contributed by atoms with E-state index in [-0.39, 0.29) is 6.04 Å². The van der Waals surface area contributed by atoms with E-state index in [2.05, 4.69) is 5.10 Å². The summed E-state index contributed by atoms with van der Waals surface area (Å²) in [5.41, 5.74) is 8.59. The molecular formula is C15H20ClN3O2. The molecule has 0 aliphatic rings. The highest BCUT2D eigenvalue weighted by Crippen LogP contribution is 2.31. The number of benzene rings is 1. The summed E-state index contributed by atoms with van der Waals surface area (Å²) in [5.74, 6) is 1.31. The van der Waals surface area contributed by atoms with Crippen LogP contribution < -0.4 is 15.2 Å². The predicted octanol–water partition coefficient (Wildman–Crippen LogP) is 2.99. The lowest BCUT2D eigenvalue weighted by molar-refractivity contribution is 0.283. The summed E-state index contributed by atoms with van der Waals surface area (Å²) >= 11 is 6.19. The van der Waals surface area contributed by atoms with Gasteiger partial charge in [-0.2, -0.15) is 5.10 Å². The van der Waals surface area contributed by atoms with Gasteiger partial charge >= 0.3 is 0 Å². The predicted molar refractivity (Wildman–Crippen MR) is 82.9 cm³/mol. The number of rotatable bonds is 5. The van der Waals surface area contributed by atoms with Crippen LogP contribution in [0.15, 0.2) is 18.2 Å². The minimum absolute atomic E-state index is 0.0528. The average molecular weight is 310 g/mol. The Bertz CT molecular complexity index is 638. The van der Waals surface area contributed by atoms with Crippen molar-refractivity contribution in [2.75, 3.05) is 7.11 Å². The largest absolute Gasteiger partial charge is 0.493 e. The maximum Gasteiger partial charge on any atom is 0.161 e. The van der Waals surface area contributed by atoms with Gasteiger partial charge in [0.15, 0.2) is 11.5 Å². The van der Waals surface area contributed by atoms with Gasteiger partial charge in [0.2, 0.25) is 0 Å². The lowest BCUT2D eigenvalue weighted by Gasteiger charge is -2.13. The zero-order chi connectivity index (χ0) is 15.6. The Morgan fingerprint density at radius 1 is 1.38 bits per heavy atom. The molecule has 0 aliphatic heterocycles. The monoisotopic (exact) mass is 309 g/mol. The first-order valence-electron chi connectivity index (χ1n) is 6.68. The van der Waals surface area contributed by atoms with Gasteiger partial charge in [-0.1, -0.05) is 17.7 Å². The molecule has 0 saturated heterocycles. The fourth-order valence-electron chi connectivity index (χ4n) is 2.07. The highest BCUT2D eigenvalue weighted by Gasteiger charge is 2.14. The van der Waals surface area contributed by atoms with Crippen LogP contribution in [0.25, 0.3) is 0 Å². The number of methoxy groups -OCH3 is 1. The number of nitrogens with zero attached hydrogens (tertiary/aromatic N) is 2. The fraction of sp³-hybridized carbons (Fsp3) is 0.400. The van der Waals surface area contributed by atoms with Crippen LogP contribution in [0, 0.1) is 6.92 Å². The molecule has 0 radical (unpaired) electrons. The summed E-state index contributed by atoms with van der Waals surface area (Å²) in [7, 11) is 3.41. The minimum atomic E-state index is -0.0528. The van der Waals surface area contributed by atoms with E-state index < -0.39 is 0 Å². The maximum atomic E-state index is 6.19. The SMILES string of the molecule is COc1cc([C@@H](C)N)ccc1OCc1c(C)nn(C)c1Cl. The molecule has 5 nitrogen and oxygen atoms in total. The molecule has 0 amide bonds. The van der Waals surface area contributed by atoms with E-state index in [4.69, 9.17) is 26.8 Å². The number of ether oxygens (including phenoxy) is 2. The number of hydrogen-bond acceptors (Lipinski definition) is 4. The topological polar surface area (TPSA) is 62.3 Å². The first-order valence-corrected chi connectivity index (χ1v) is 7.06. The summed E-state index contributed by atoms with van der Waals surface area (Å²) in [5, 5.41) is 4.84. The van der Waals surface area contributed by atoms with E-state index in [9.17, 15) is 0 Å². The molecule has 2 N–H and O–H groups in total. The van der Waals surface area contributed by atoms with E-state index in [1.807, 2.05) is 32.0 Å². The number of halogens is 1. The number of nitrogens with two attached hydrogens (primary N) is 1. The standard InChI is InChI=1S/C15H20ClN3O2/c1-9(17)11-5-6-13(14(7-11)20-4)21-8-12-10(2)18-19(3)15(12)16/h5-7,9H,8,17H2,1-4H3/t9-/m1/s1. The van der Waals surface area contributed by atoms with Gasteiger partial charge in [-0.05, 0) is 31.5 Å². The van der Waals surface area contributed by atoms with E-state index in [0.717, 1.165) is 16.8 Å². The second kappa shape index (κ2) is 6.37. The van der Waals surface area contributed by atoms with Crippen molar-refractivity contribution in [2.24, 2.45) is 12.8 Å². The van der Waals surface area contributed by atoms with Gasteiger partial charge in [0.1, 0.15) is 11.8 Å². The van der Waals surface area contributed by atoms with Crippen LogP contribution in [0.2, 0.25) is 5.15 Å². The molecule has 0 spiro atoms. The molecule has 0 saturated carbocycles. The fourth-order valence-corrected chi connectivity index (χ4v) is 2.30. The molecular weight excluding hydrogens is 290 g/mol. The Labute approximate surface area is 129 Å². The minimum Gasteiger partial charge on any atom is -0.493 e. The van der Waals surface area contributed by atoms with E-state index in [1.54, 1.807) is 18.8 Å². The molecule has 1 heterocycles. The maximum absolute atomic E-state index is 6.19. The second-order valence-corrected chi connectivity index (χ2v) is 5.32. The molecule has 114 valence electrons. The van der Waals surface area contributed by atoms with Gasteiger partial charge < -0.3 is 15.2 Å². The Morgan fingerprint density at radius 2 is 2.10 bits per heavy atom. The molecule has 0 aliphatic carbocycles. The van der Waals surface area contributed by atoms with Gasteiger partial charge in [-0.25, -0.2) is 0 Å². The first-order chi connectivity index (χ1) is 9.93. The third kappa shape index (κ3) is 3.31. The number of aromatic nitrogens is 2. The van der Waals surface area contributed by atoms with Crippen LogP contribution in [-0.4, -0.2) is 16.9 Å². The van der Waals surface area contributed by atoms with Crippen molar-refractivity contribution in [3.63, 3.8) is 0 Å². The molecule has 1 aromatic heterocycles. The second-order valence-electron chi connectivity index (χ2n) is 4.97. The summed E-state index contributed by atoms with van der Waals surface area (Å²) in [6.07, 6.45) is 0. The van der Waals surface area contributed by atoms with Crippen molar-refractivity contribution >= 4 is 11.6 Å². The Morgan fingerprint density at radius 3 is 2.62 bits per heavy atom.